The van der Waals surface area contributed by atoms with Crippen molar-refractivity contribution in [3.05, 3.63) is 42.2 Å². The van der Waals surface area contributed by atoms with Gasteiger partial charge in [0, 0.05) is 24.9 Å². The summed E-state index contributed by atoms with van der Waals surface area (Å²) in [5.41, 5.74) is 3.65. The molecule has 2 atom stereocenters. The highest BCUT2D eigenvalue weighted by molar-refractivity contribution is 5.85. The molecule has 2 aromatic rings. The minimum absolute atomic E-state index is 0.0876. The van der Waals surface area contributed by atoms with Crippen molar-refractivity contribution in [1.29, 1.82) is 0 Å². The molecule has 4 nitrogen and oxygen atoms in total. The van der Waals surface area contributed by atoms with Gasteiger partial charge in [0.05, 0.1) is 11.6 Å². The van der Waals surface area contributed by atoms with Crippen LogP contribution in [0.2, 0.25) is 0 Å². The number of aromatic nitrogens is 1. The van der Waals surface area contributed by atoms with Crippen LogP contribution in [0.15, 0.2) is 36.7 Å². The van der Waals surface area contributed by atoms with E-state index in [0.29, 0.717) is 0 Å². The Morgan fingerprint density at radius 2 is 2.21 bits per heavy atom. The number of hydrogen-bond acceptors (Lipinski definition) is 4. The van der Waals surface area contributed by atoms with Gasteiger partial charge in [0.15, 0.2) is 0 Å². The van der Waals surface area contributed by atoms with Crippen LogP contribution in [0.1, 0.15) is 31.9 Å². The molecule has 0 aliphatic heterocycles. The maximum Gasteiger partial charge on any atom is 0.0855 e. The Morgan fingerprint density at radius 1 is 1.42 bits per heavy atom. The van der Waals surface area contributed by atoms with Gasteiger partial charge in [0.2, 0.25) is 0 Å². The van der Waals surface area contributed by atoms with E-state index in [1.807, 2.05) is 18.3 Å². The van der Waals surface area contributed by atoms with Gasteiger partial charge in [-0.2, -0.15) is 0 Å². The standard InChI is InChI=1S/C15H21N3O/c1-4-15(2,19-3)14(18-16)12-7-5-6-11-8-9-17-10-13(11)12/h5-10,14,18H,4,16H2,1-3H3. The molecule has 0 saturated carbocycles. The number of ether oxygens (including phenoxy) is 1. The Hall–Kier alpha value is -1.49. The largest absolute Gasteiger partial charge is 0.376 e. The topological polar surface area (TPSA) is 60.2 Å². The fourth-order valence-corrected chi connectivity index (χ4v) is 2.45. The molecular formula is C15H21N3O. The second kappa shape index (κ2) is 5.65. The molecule has 0 bridgehead atoms. The molecule has 0 saturated heterocycles. The molecule has 3 N–H and O–H groups in total. The zero-order valence-corrected chi connectivity index (χ0v) is 11.7. The molecule has 0 aliphatic rings. The predicted octanol–water partition coefficient (Wildman–Crippen LogP) is 2.55. The van der Waals surface area contributed by atoms with Crippen LogP contribution in [0, 0.1) is 0 Å². The summed E-state index contributed by atoms with van der Waals surface area (Å²) in [6.07, 6.45) is 4.53. The van der Waals surface area contributed by atoms with Gasteiger partial charge in [0.1, 0.15) is 0 Å². The summed E-state index contributed by atoms with van der Waals surface area (Å²) in [4.78, 5) is 4.21. The van der Waals surface area contributed by atoms with Crippen LogP contribution in [0.4, 0.5) is 0 Å². The monoisotopic (exact) mass is 259 g/mol. The molecule has 0 radical (unpaired) electrons. The smallest absolute Gasteiger partial charge is 0.0855 e. The van der Waals surface area contributed by atoms with E-state index in [4.69, 9.17) is 10.6 Å². The van der Waals surface area contributed by atoms with E-state index in [0.717, 1.165) is 22.8 Å². The lowest BCUT2D eigenvalue weighted by Gasteiger charge is -2.36. The zero-order chi connectivity index (χ0) is 13.9. The van der Waals surface area contributed by atoms with Gasteiger partial charge >= 0.3 is 0 Å². The summed E-state index contributed by atoms with van der Waals surface area (Å²) in [7, 11) is 1.72. The van der Waals surface area contributed by atoms with Gasteiger partial charge in [-0.25, -0.2) is 0 Å². The first-order chi connectivity index (χ1) is 9.16. The molecule has 2 unspecified atom stereocenters. The lowest BCUT2D eigenvalue weighted by Crippen LogP contribution is -2.45. The molecule has 1 aromatic carbocycles. The number of hydrazine groups is 1. The van der Waals surface area contributed by atoms with Crippen molar-refractivity contribution < 1.29 is 4.74 Å². The normalized spacial score (nSPS) is 16.2. The number of methoxy groups -OCH3 is 1. The average Bonchev–Trinajstić information content (AvgIpc) is 2.48. The molecule has 0 aliphatic carbocycles. The van der Waals surface area contributed by atoms with Gasteiger partial charge in [0.25, 0.3) is 0 Å². The molecule has 102 valence electrons. The zero-order valence-electron chi connectivity index (χ0n) is 11.7. The van der Waals surface area contributed by atoms with Crippen LogP contribution >= 0.6 is 0 Å². The lowest BCUT2D eigenvalue weighted by atomic mass is 9.86. The first-order valence-corrected chi connectivity index (χ1v) is 6.50. The number of nitrogens with zero attached hydrogens (tertiary/aromatic N) is 1. The average molecular weight is 259 g/mol. The second-order valence-electron chi connectivity index (χ2n) is 4.91. The molecule has 0 amide bonds. The Bertz CT molecular complexity index is 547. The van der Waals surface area contributed by atoms with Crippen LogP contribution in [0.5, 0.6) is 0 Å². The van der Waals surface area contributed by atoms with Gasteiger partial charge in [-0.1, -0.05) is 25.1 Å². The highest BCUT2D eigenvalue weighted by atomic mass is 16.5. The SMILES string of the molecule is CCC(C)(OC)C(NN)c1cccc2ccncc12. The van der Waals surface area contributed by atoms with E-state index in [1.54, 1.807) is 13.3 Å². The van der Waals surface area contributed by atoms with E-state index in [2.05, 4.69) is 36.4 Å². The van der Waals surface area contributed by atoms with Gasteiger partial charge in [-0.05, 0) is 30.4 Å². The Labute approximate surface area is 113 Å². The third-order valence-electron chi connectivity index (χ3n) is 3.97. The van der Waals surface area contributed by atoms with Crippen molar-refractivity contribution in [3.8, 4) is 0 Å². The summed E-state index contributed by atoms with van der Waals surface area (Å²) in [6.45, 7) is 4.16. The van der Waals surface area contributed by atoms with E-state index in [-0.39, 0.29) is 11.6 Å². The third kappa shape index (κ3) is 2.47. The van der Waals surface area contributed by atoms with E-state index in [9.17, 15) is 0 Å². The van der Waals surface area contributed by atoms with Gasteiger partial charge in [-0.3, -0.25) is 16.3 Å². The molecular weight excluding hydrogens is 238 g/mol. The van der Waals surface area contributed by atoms with Crippen LogP contribution in [0.25, 0.3) is 10.8 Å². The number of fused-ring (bicyclic) bond motifs is 1. The maximum absolute atomic E-state index is 5.78. The van der Waals surface area contributed by atoms with Gasteiger partial charge in [-0.15, -0.1) is 0 Å². The quantitative estimate of drug-likeness (QED) is 0.640. The first kappa shape index (κ1) is 13.9. The third-order valence-corrected chi connectivity index (χ3v) is 3.97. The first-order valence-electron chi connectivity index (χ1n) is 6.50. The molecule has 0 fully saturated rings. The summed E-state index contributed by atoms with van der Waals surface area (Å²) >= 11 is 0. The maximum atomic E-state index is 5.78. The summed E-state index contributed by atoms with van der Waals surface area (Å²) < 4.78 is 5.68. The van der Waals surface area contributed by atoms with Crippen molar-refractivity contribution in [2.75, 3.05) is 7.11 Å². The minimum Gasteiger partial charge on any atom is -0.376 e. The van der Waals surface area contributed by atoms with Crippen LogP contribution < -0.4 is 11.3 Å². The Morgan fingerprint density at radius 3 is 2.84 bits per heavy atom. The van der Waals surface area contributed by atoms with Crippen molar-refractivity contribution >= 4 is 10.8 Å². The second-order valence-corrected chi connectivity index (χ2v) is 4.91. The van der Waals surface area contributed by atoms with E-state index >= 15 is 0 Å². The summed E-state index contributed by atoms with van der Waals surface area (Å²) in [5, 5.41) is 2.26. The Kier molecular flexibility index (Phi) is 4.14. The number of pyridine rings is 1. The van der Waals surface area contributed by atoms with Crippen molar-refractivity contribution in [2.45, 2.75) is 31.9 Å². The molecule has 4 heteroatoms. The number of hydrogen-bond donors (Lipinski definition) is 2. The molecule has 1 aromatic heterocycles. The lowest BCUT2D eigenvalue weighted by molar-refractivity contribution is -0.0296. The number of nitrogens with two attached hydrogens (primary N) is 1. The molecule has 19 heavy (non-hydrogen) atoms. The molecule has 0 spiro atoms. The van der Waals surface area contributed by atoms with Crippen molar-refractivity contribution in [2.24, 2.45) is 5.84 Å². The van der Waals surface area contributed by atoms with E-state index < -0.39 is 0 Å². The van der Waals surface area contributed by atoms with E-state index in [1.165, 1.54) is 0 Å². The Balaban J connectivity index is 2.58. The van der Waals surface area contributed by atoms with Crippen molar-refractivity contribution in [1.82, 2.24) is 10.4 Å². The molecule has 1 heterocycles. The minimum atomic E-state index is -0.362. The fraction of sp³-hybridized carbons (Fsp3) is 0.400. The number of rotatable bonds is 5. The van der Waals surface area contributed by atoms with Crippen LogP contribution in [0.3, 0.4) is 0 Å². The van der Waals surface area contributed by atoms with Gasteiger partial charge < -0.3 is 4.74 Å². The highest BCUT2D eigenvalue weighted by Gasteiger charge is 2.34. The molecule has 2 rings (SSSR count). The van der Waals surface area contributed by atoms with Crippen molar-refractivity contribution in [3.63, 3.8) is 0 Å². The summed E-state index contributed by atoms with van der Waals surface area (Å²) in [5.74, 6) is 5.78. The predicted molar refractivity (Wildman–Crippen MR) is 77.5 cm³/mol. The van der Waals surface area contributed by atoms with Crippen LogP contribution in [-0.2, 0) is 4.74 Å². The number of nitrogens with one attached hydrogen (secondary N) is 1. The fourth-order valence-electron chi connectivity index (χ4n) is 2.45. The van der Waals surface area contributed by atoms with Crippen LogP contribution in [-0.4, -0.2) is 17.7 Å². The number of benzene rings is 1. The summed E-state index contributed by atoms with van der Waals surface area (Å²) in [6, 6.07) is 8.09. The highest BCUT2D eigenvalue weighted by Crippen LogP contribution is 2.34.